The summed E-state index contributed by atoms with van der Waals surface area (Å²) in [6.07, 6.45) is 0.343. The largest absolute Gasteiger partial charge is 0.346 e. The Labute approximate surface area is 59.1 Å². The van der Waals surface area contributed by atoms with E-state index < -0.39 is 14.7 Å². The lowest BCUT2D eigenvalue weighted by Crippen LogP contribution is -1.78. The lowest BCUT2D eigenvalue weighted by molar-refractivity contribution is 0.469. The van der Waals surface area contributed by atoms with E-state index >= 15 is 0 Å². The molecule has 0 aromatic carbocycles. The van der Waals surface area contributed by atoms with Crippen molar-refractivity contribution < 1.29 is 13.8 Å². The standard InChI is InChI=1S/C3H8FO2P.Al.3H/c4-2-1-3-7(5)6;;;;/h7H,1-3H2,(H,5,6);;;;. The van der Waals surface area contributed by atoms with E-state index in [-0.39, 0.29) is 29.9 Å². The molecule has 0 bridgehead atoms. The molecule has 1 atom stereocenters. The molecule has 5 heteroatoms. The normalized spacial score (nSPS) is 12.2. The van der Waals surface area contributed by atoms with Crippen molar-refractivity contribution in [2.24, 2.45) is 0 Å². The number of halogens is 1. The van der Waals surface area contributed by atoms with Crippen molar-refractivity contribution in [3.63, 3.8) is 0 Å². The maximum Gasteiger partial charge on any atom is 0.189 e. The van der Waals surface area contributed by atoms with Crippen LogP contribution in [0, 0.1) is 0 Å². The van der Waals surface area contributed by atoms with Crippen molar-refractivity contribution in [1.82, 2.24) is 0 Å². The van der Waals surface area contributed by atoms with E-state index in [2.05, 4.69) is 0 Å². The van der Waals surface area contributed by atoms with Gasteiger partial charge in [0.2, 0.25) is 0 Å². The quantitative estimate of drug-likeness (QED) is 0.447. The monoisotopic (exact) mass is 156 g/mol. The first kappa shape index (κ1) is 11.4. The number of rotatable bonds is 3. The third-order valence-electron chi connectivity index (χ3n) is 0.524. The highest BCUT2D eigenvalue weighted by Gasteiger charge is 1.89. The van der Waals surface area contributed by atoms with E-state index in [0.29, 0.717) is 0 Å². The van der Waals surface area contributed by atoms with Crippen molar-refractivity contribution in [2.45, 2.75) is 6.42 Å². The summed E-state index contributed by atoms with van der Waals surface area (Å²) < 4.78 is 20.9. The Morgan fingerprint density at radius 2 is 2.12 bits per heavy atom. The van der Waals surface area contributed by atoms with E-state index in [1.165, 1.54) is 0 Å². The van der Waals surface area contributed by atoms with Crippen LogP contribution in [0.2, 0.25) is 0 Å². The topological polar surface area (TPSA) is 37.3 Å². The van der Waals surface area contributed by atoms with Gasteiger partial charge >= 0.3 is 0 Å². The molecule has 0 radical (unpaired) electrons. The van der Waals surface area contributed by atoms with Crippen LogP contribution < -0.4 is 0 Å². The SMILES string of the molecule is O=[PH](O)CCCF.[AlH3]. The third kappa shape index (κ3) is 9.82. The Bertz CT molecular complexity index is 70.3. The summed E-state index contributed by atoms with van der Waals surface area (Å²) in [6.45, 7) is -0.489. The van der Waals surface area contributed by atoms with E-state index in [0.717, 1.165) is 0 Å². The molecule has 1 N–H and O–H groups in total. The predicted molar refractivity (Wildman–Crippen MR) is 36.6 cm³/mol. The molecule has 50 valence electrons. The molecule has 0 spiro atoms. The molecule has 0 rings (SSSR count). The molecule has 2 nitrogen and oxygen atoms in total. The highest BCUT2D eigenvalue weighted by molar-refractivity contribution is 7.37. The molecular formula is C3H11AlFO2P. The van der Waals surface area contributed by atoms with Crippen LogP contribution in [0.1, 0.15) is 6.42 Å². The van der Waals surface area contributed by atoms with Crippen LogP contribution in [0.4, 0.5) is 4.39 Å². The molecule has 0 aliphatic rings. The molecular weight excluding hydrogens is 145 g/mol. The minimum Gasteiger partial charge on any atom is -0.346 e. The van der Waals surface area contributed by atoms with Crippen molar-refractivity contribution in [2.75, 3.05) is 12.8 Å². The predicted octanol–water partition coefficient (Wildman–Crippen LogP) is -0.371. The second-order valence-electron chi connectivity index (χ2n) is 1.19. The molecule has 0 amide bonds. The molecule has 1 unspecified atom stereocenters. The van der Waals surface area contributed by atoms with Crippen molar-refractivity contribution in [1.29, 1.82) is 0 Å². The molecule has 0 aliphatic heterocycles. The van der Waals surface area contributed by atoms with Gasteiger partial charge in [0, 0.05) is 6.16 Å². The number of alkyl halides is 1. The van der Waals surface area contributed by atoms with Gasteiger partial charge in [0.1, 0.15) is 0 Å². The highest BCUT2D eigenvalue weighted by Crippen LogP contribution is 2.12. The summed E-state index contributed by atoms with van der Waals surface area (Å²) in [5.41, 5.74) is 0. The van der Waals surface area contributed by atoms with Crippen LogP contribution >= 0.6 is 8.03 Å². The average Bonchev–Trinajstić information content (AvgIpc) is 1.61. The minimum atomic E-state index is -2.39. The van der Waals surface area contributed by atoms with Gasteiger partial charge in [-0.25, -0.2) is 0 Å². The minimum absolute atomic E-state index is 0. The van der Waals surface area contributed by atoms with E-state index in [1.54, 1.807) is 0 Å². The Morgan fingerprint density at radius 3 is 2.25 bits per heavy atom. The Balaban J connectivity index is 0. The van der Waals surface area contributed by atoms with E-state index in [9.17, 15) is 8.96 Å². The second-order valence-corrected chi connectivity index (χ2v) is 2.47. The molecule has 0 saturated carbocycles. The zero-order valence-corrected chi connectivity index (χ0v) is 4.85. The lowest BCUT2D eigenvalue weighted by Gasteiger charge is -1.85. The lowest BCUT2D eigenvalue weighted by atomic mass is 10.6. The smallest absolute Gasteiger partial charge is 0.189 e. The van der Waals surface area contributed by atoms with Crippen LogP contribution in [0.5, 0.6) is 0 Å². The second kappa shape index (κ2) is 7.65. The van der Waals surface area contributed by atoms with Crippen LogP contribution in [0.25, 0.3) is 0 Å². The fourth-order valence-corrected chi connectivity index (χ4v) is 0.654. The molecule has 0 saturated heterocycles. The summed E-state index contributed by atoms with van der Waals surface area (Å²) in [5, 5.41) is 0. The maximum absolute atomic E-state index is 11.1. The summed E-state index contributed by atoms with van der Waals surface area (Å²) in [7, 11) is -2.39. The molecule has 0 aromatic heterocycles. The van der Waals surface area contributed by atoms with Crippen LogP contribution in [-0.4, -0.2) is 35.1 Å². The van der Waals surface area contributed by atoms with Crippen molar-refractivity contribution in [3.05, 3.63) is 0 Å². The molecule has 0 aromatic rings. The zero-order valence-electron chi connectivity index (χ0n) is 3.85. The number of hydrogen-bond acceptors (Lipinski definition) is 1. The zero-order chi connectivity index (χ0) is 5.70. The fraction of sp³-hybridized carbons (Fsp3) is 1.00. The van der Waals surface area contributed by atoms with Crippen LogP contribution in [0.15, 0.2) is 0 Å². The van der Waals surface area contributed by atoms with Crippen LogP contribution in [0.3, 0.4) is 0 Å². The highest BCUT2D eigenvalue weighted by atomic mass is 31.1. The van der Waals surface area contributed by atoms with Gasteiger partial charge in [0.05, 0.1) is 6.67 Å². The molecule has 0 heterocycles. The fourth-order valence-electron chi connectivity index (χ4n) is 0.218. The summed E-state index contributed by atoms with van der Waals surface area (Å²) >= 11 is 0. The first-order chi connectivity index (χ1) is 3.27. The van der Waals surface area contributed by atoms with Gasteiger partial charge in [0.25, 0.3) is 0 Å². The molecule has 0 aliphatic carbocycles. The van der Waals surface area contributed by atoms with Gasteiger partial charge in [-0.2, -0.15) is 0 Å². The summed E-state index contributed by atoms with van der Waals surface area (Å²) in [6, 6.07) is 0. The van der Waals surface area contributed by atoms with Gasteiger partial charge in [-0.3, -0.25) is 8.96 Å². The van der Waals surface area contributed by atoms with Crippen LogP contribution in [-0.2, 0) is 4.57 Å². The van der Waals surface area contributed by atoms with E-state index in [4.69, 9.17) is 4.89 Å². The van der Waals surface area contributed by atoms with Gasteiger partial charge in [0.15, 0.2) is 25.4 Å². The Hall–Kier alpha value is 0.652. The maximum atomic E-state index is 11.1. The molecule has 8 heavy (non-hydrogen) atoms. The summed E-state index contributed by atoms with van der Waals surface area (Å²) in [4.78, 5) is 8.06. The van der Waals surface area contributed by atoms with Crippen molar-refractivity contribution in [3.8, 4) is 0 Å². The Kier molecular flexibility index (Phi) is 11.0. The van der Waals surface area contributed by atoms with Crippen molar-refractivity contribution >= 4 is 25.4 Å². The first-order valence-electron chi connectivity index (χ1n) is 2.05. The third-order valence-corrected chi connectivity index (χ3v) is 1.31. The Morgan fingerprint density at radius 1 is 1.62 bits per heavy atom. The molecule has 0 fully saturated rings. The van der Waals surface area contributed by atoms with Gasteiger partial charge < -0.3 is 4.89 Å². The first-order valence-corrected chi connectivity index (χ1v) is 3.61. The van der Waals surface area contributed by atoms with Gasteiger partial charge in [-0.1, -0.05) is 0 Å². The van der Waals surface area contributed by atoms with E-state index in [1.807, 2.05) is 0 Å². The average molecular weight is 156 g/mol. The van der Waals surface area contributed by atoms with Gasteiger partial charge in [-0.05, 0) is 6.42 Å². The van der Waals surface area contributed by atoms with Gasteiger partial charge in [-0.15, -0.1) is 0 Å². The summed E-state index contributed by atoms with van der Waals surface area (Å²) in [5.74, 6) is 0. The number of hydrogen-bond donors (Lipinski definition) is 1.